The van der Waals surface area contributed by atoms with Gasteiger partial charge in [0, 0.05) is 17.8 Å². The number of carbonyl (C=O) groups is 1. The lowest BCUT2D eigenvalue weighted by atomic mass is 9.74. The highest BCUT2D eigenvalue weighted by Crippen LogP contribution is 2.31. The summed E-state index contributed by atoms with van der Waals surface area (Å²) in [6.45, 7) is 12.5. The van der Waals surface area contributed by atoms with Gasteiger partial charge in [-0.2, -0.15) is 0 Å². The molecule has 0 aliphatic rings. The van der Waals surface area contributed by atoms with Crippen molar-refractivity contribution in [3.8, 4) is 0 Å². The van der Waals surface area contributed by atoms with E-state index in [1.165, 1.54) is 0 Å². The molecule has 0 bridgehead atoms. The molecule has 0 spiro atoms. The van der Waals surface area contributed by atoms with Crippen molar-refractivity contribution in [3.63, 3.8) is 0 Å². The summed E-state index contributed by atoms with van der Waals surface area (Å²) in [5.74, 6) is 0.333. The van der Waals surface area contributed by atoms with Gasteiger partial charge in [-0.1, -0.05) is 46.8 Å². The average Bonchev–Trinajstić information content (AvgIpc) is 2.64. The molecule has 1 aromatic rings. The van der Waals surface area contributed by atoms with Crippen LogP contribution >= 0.6 is 0 Å². The van der Waals surface area contributed by atoms with Crippen LogP contribution in [-0.4, -0.2) is 21.2 Å². The second-order valence-corrected chi connectivity index (χ2v) is 7.26. The Morgan fingerprint density at radius 1 is 1.28 bits per heavy atom. The van der Waals surface area contributed by atoms with Crippen molar-refractivity contribution in [2.24, 2.45) is 16.7 Å². The van der Waals surface area contributed by atoms with Gasteiger partial charge in [-0.05, 0) is 11.8 Å². The molecule has 0 saturated heterocycles. The second-order valence-electron chi connectivity index (χ2n) is 7.26. The zero-order valence-corrected chi connectivity index (χ0v) is 12.4. The van der Waals surface area contributed by atoms with Gasteiger partial charge in [0.05, 0.1) is 11.9 Å². The molecule has 1 aromatic heterocycles. The van der Waals surface area contributed by atoms with E-state index in [0.717, 1.165) is 12.1 Å². The summed E-state index contributed by atoms with van der Waals surface area (Å²) < 4.78 is 0. The number of rotatable bonds is 4. The minimum Gasteiger partial charge on any atom is -0.299 e. The molecule has 1 unspecified atom stereocenters. The molecule has 102 valence electrons. The maximum atomic E-state index is 12.5. The lowest BCUT2D eigenvalue weighted by molar-refractivity contribution is -0.131. The fourth-order valence-corrected chi connectivity index (χ4v) is 2.19. The Bertz CT molecular complexity index is 382. The molecule has 0 aromatic carbocycles. The van der Waals surface area contributed by atoms with Crippen LogP contribution in [-0.2, 0) is 11.2 Å². The molecule has 18 heavy (non-hydrogen) atoms. The Hall–Kier alpha value is -1.19. The van der Waals surface area contributed by atoms with E-state index in [1.54, 1.807) is 6.20 Å². The van der Waals surface area contributed by atoms with Crippen LogP contribution < -0.4 is 0 Å². The van der Waals surface area contributed by atoms with E-state index in [0.29, 0.717) is 12.2 Å². The average molecular weight is 251 g/mol. The molecule has 4 heteroatoms. The van der Waals surface area contributed by atoms with Gasteiger partial charge < -0.3 is 0 Å². The molecular formula is C14H25N3O. The predicted molar refractivity (Wildman–Crippen MR) is 72.1 cm³/mol. The van der Waals surface area contributed by atoms with E-state index in [9.17, 15) is 4.79 Å². The third-order valence-corrected chi connectivity index (χ3v) is 2.90. The van der Waals surface area contributed by atoms with Crippen LogP contribution in [0.15, 0.2) is 6.20 Å². The van der Waals surface area contributed by atoms with Gasteiger partial charge in [-0.3, -0.25) is 9.89 Å². The van der Waals surface area contributed by atoms with Gasteiger partial charge in [0.2, 0.25) is 0 Å². The number of hydrogen-bond donors (Lipinski definition) is 1. The first kappa shape index (κ1) is 14.9. The van der Waals surface area contributed by atoms with Crippen molar-refractivity contribution in [1.29, 1.82) is 0 Å². The molecule has 0 saturated carbocycles. The van der Waals surface area contributed by atoms with Crippen molar-refractivity contribution in [1.82, 2.24) is 15.4 Å². The molecule has 0 aliphatic carbocycles. The third kappa shape index (κ3) is 4.59. The van der Waals surface area contributed by atoms with Crippen molar-refractivity contribution in [2.75, 3.05) is 0 Å². The molecule has 1 atom stereocenters. The van der Waals surface area contributed by atoms with Crippen molar-refractivity contribution >= 4 is 5.78 Å². The van der Waals surface area contributed by atoms with Gasteiger partial charge in [0.25, 0.3) is 0 Å². The standard InChI is InChI=1S/C14H25N3O/c1-13(2,3)8-10(12(18)14(4,5)6)7-11-9-15-17-16-11/h9-10H,7-8H2,1-6H3,(H,15,16,17). The van der Waals surface area contributed by atoms with Crippen LogP contribution in [0.5, 0.6) is 0 Å². The van der Waals surface area contributed by atoms with E-state index in [4.69, 9.17) is 0 Å². The summed E-state index contributed by atoms with van der Waals surface area (Å²) in [7, 11) is 0. The van der Waals surface area contributed by atoms with Crippen molar-refractivity contribution < 1.29 is 4.79 Å². The predicted octanol–water partition coefficient (Wildman–Crippen LogP) is 3.01. The van der Waals surface area contributed by atoms with Gasteiger partial charge in [-0.25, -0.2) is 0 Å². The Labute approximate surface area is 110 Å². The van der Waals surface area contributed by atoms with Crippen LogP contribution in [0.3, 0.4) is 0 Å². The smallest absolute Gasteiger partial charge is 0.141 e. The lowest BCUT2D eigenvalue weighted by Crippen LogP contribution is -2.32. The monoisotopic (exact) mass is 251 g/mol. The molecule has 0 radical (unpaired) electrons. The molecule has 1 N–H and O–H groups in total. The van der Waals surface area contributed by atoms with E-state index in [2.05, 4.69) is 36.2 Å². The quantitative estimate of drug-likeness (QED) is 0.894. The van der Waals surface area contributed by atoms with E-state index >= 15 is 0 Å². The topological polar surface area (TPSA) is 58.6 Å². The number of aromatic nitrogens is 3. The SMILES string of the molecule is CC(C)(C)CC(Cc1cnn[nH]1)C(=O)C(C)(C)C. The van der Waals surface area contributed by atoms with Crippen LogP contribution in [0.1, 0.15) is 53.7 Å². The van der Waals surface area contributed by atoms with E-state index in [1.807, 2.05) is 20.8 Å². The van der Waals surface area contributed by atoms with Crippen molar-refractivity contribution in [3.05, 3.63) is 11.9 Å². The van der Waals surface area contributed by atoms with Gasteiger partial charge in [-0.15, -0.1) is 5.10 Å². The minimum atomic E-state index is -0.302. The summed E-state index contributed by atoms with van der Waals surface area (Å²) in [6, 6.07) is 0. The largest absolute Gasteiger partial charge is 0.299 e. The fraction of sp³-hybridized carbons (Fsp3) is 0.786. The Balaban J connectivity index is 2.85. The second kappa shape index (κ2) is 5.21. The normalized spacial score (nSPS) is 14.6. The number of aromatic amines is 1. The van der Waals surface area contributed by atoms with Gasteiger partial charge in [0.1, 0.15) is 5.78 Å². The first-order valence-electron chi connectivity index (χ1n) is 6.49. The highest BCUT2D eigenvalue weighted by Gasteiger charge is 2.32. The third-order valence-electron chi connectivity index (χ3n) is 2.90. The minimum absolute atomic E-state index is 0.0206. The van der Waals surface area contributed by atoms with Crippen LogP contribution in [0, 0.1) is 16.7 Å². The molecule has 0 fully saturated rings. The van der Waals surface area contributed by atoms with Crippen LogP contribution in [0.25, 0.3) is 0 Å². The number of Topliss-reactive ketones (excluding diaryl/α,β-unsaturated/α-hetero) is 1. The van der Waals surface area contributed by atoms with E-state index < -0.39 is 0 Å². The Kier molecular flexibility index (Phi) is 4.30. The zero-order chi connectivity index (χ0) is 14.0. The number of H-pyrrole nitrogens is 1. The van der Waals surface area contributed by atoms with Crippen molar-refractivity contribution in [2.45, 2.75) is 54.4 Å². The molecule has 0 aliphatic heterocycles. The molecule has 0 amide bonds. The van der Waals surface area contributed by atoms with Gasteiger partial charge in [0.15, 0.2) is 0 Å². The number of nitrogens with zero attached hydrogens (tertiary/aromatic N) is 2. The lowest BCUT2D eigenvalue weighted by Gasteiger charge is -2.29. The summed E-state index contributed by atoms with van der Waals surface area (Å²) in [5.41, 5.74) is 0.768. The van der Waals surface area contributed by atoms with Crippen LogP contribution in [0.2, 0.25) is 0 Å². The molecular weight excluding hydrogens is 226 g/mol. The van der Waals surface area contributed by atoms with E-state index in [-0.39, 0.29) is 16.7 Å². The maximum Gasteiger partial charge on any atom is 0.141 e. The highest BCUT2D eigenvalue weighted by atomic mass is 16.1. The molecule has 4 nitrogen and oxygen atoms in total. The van der Waals surface area contributed by atoms with Gasteiger partial charge >= 0.3 is 0 Å². The fourth-order valence-electron chi connectivity index (χ4n) is 2.19. The number of nitrogens with one attached hydrogen (secondary N) is 1. The zero-order valence-electron chi connectivity index (χ0n) is 12.4. The summed E-state index contributed by atoms with van der Waals surface area (Å²) in [4.78, 5) is 12.5. The number of carbonyl (C=O) groups excluding carboxylic acids is 1. The number of ketones is 1. The molecule has 1 heterocycles. The summed E-state index contributed by atoms with van der Waals surface area (Å²) in [6.07, 6.45) is 3.27. The Morgan fingerprint density at radius 3 is 2.28 bits per heavy atom. The maximum absolute atomic E-state index is 12.5. The summed E-state index contributed by atoms with van der Waals surface area (Å²) in [5, 5.41) is 10.3. The summed E-state index contributed by atoms with van der Waals surface area (Å²) >= 11 is 0. The first-order valence-corrected chi connectivity index (χ1v) is 6.49. The first-order chi connectivity index (χ1) is 8.09. The Morgan fingerprint density at radius 2 is 1.89 bits per heavy atom. The molecule has 1 rings (SSSR count). The highest BCUT2D eigenvalue weighted by molar-refractivity contribution is 5.86. The number of hydrogen-bond acceptors (Lipinski definition) is 3. The van der Waals surface area contributed by atoms with Crippen LogP contribution in [0.4, 0.5) is 0 Å².